The van der Waals surface area contributed by atoms with Gasteiger partial charge in [0.25, 0.3) is 5.91 Å². The smallest absolute Gasteiger partial charge is 0.330 e. The second-order valence-electron chi connectivity index (χ2n) is 3.99. The van der Waals surface area contributed by atoms with Crippen LogP contribution in [-0.4, -0.2) is 29.6 Å². The van der Waals surface area contributed by atoms with Gasteiger partial charge in [-0.1, -0.05) is 6.92 Å². The predicted molar refractivity (Wildman–Crippen MR) is 59.9 cm³/mol. The molecule has 0 rings (SSSR count). The van der Waals surface area contributed by atoms with Crippen LogP contribution in [0.4, 0.5) is 0 Å². The van der Waals surface area contributed by atoms with E-state index < -0.39 is 17.4 Å². The highest BCUT2D eigenvalue weighted by molar-refractivity contribution is 5.97. The molecule has 16 heavy (non-hydrogen) atoms. The first-order chi connectivity index (χ1) is 7.26. The van der Waals surface area contributed by atoms with Crippen LogP contribution in [0.25, 0.3) is 0 Å². The Kier molecular flexibility index (Phi) is 5.01. The van der Waals surface area contributed by atoms with E-state index >= 15 is 0 Å². The Morgan fingerprint density at radius 3 is 2.19 bits per heavy atom. The summed E-state index contributed by atoms with van der Waals surface area (Å²) in [6, 6.07) is 0. The number of esters is 1. The molecule has 5 heteroatoms. The molecule has 0 heterocycles. The van der Waals surface area contributed by atoms with Crippen LogP contribution >= 0.6 is 0 Å². The number of carbonyl (C=O) groups is 2. The topological polar surface area (TPSA) is 75.6 Å². The summed E-state index contributed by atoms with van der Waals surface area (Å²) in [5, 5.41) is 11.8. The number of aliphatic hydroxyl groups excluding tert-OH is 1. The molecule has 5 nitrogen and oxygen atoms in total. The molecule has 2 N–H and O–H groups in total. The zero-order chi connectivity index (χ0) is 12.9. The molecule has 0 aliphatic heterocycles. The second kappa shape index (κ2) is 5.53. The fourth-order valence-corrected chi connectivity index (χ4v) is 1.25. The number of rotatable bonds is 4. The van der Waals surface area contributed by atoms with E-state index in [0.717, 1.165) is 0 Å². The number of allylic oxidation sites excluding steroid dienone is 1. The van der Waals surface area contributed by atoms with Crippen LogP contribution in [0.3, 0.4) is 0 Å². The van der Waals surface area contributed by atoms with Crippen LogP contribution in [0, 0.1) is 0 Å². The van der Waals surface area contributed by atoms with Gasteiger partial charge < -0.3 is 15.2 Å². The highest BCUT2D eigenvalue weighted by atomic mass is 16.5. The maximum Gasteiger partial charge on any atom is 0.330 e. The second-order valence-corrected chi connectivity index (χ2v) is 3.99. The number of carbonyl (C=O) groups excluding carboxylic acids is 2. The van der Waals surface area contributed by atoms with Crippen molar-refractivity contribution in [2.24, 2.45) is 0 Å². The summed E-state index contributed by atoms with van der Waals surface area (Å²) in [4.78, 5) is 23.0. The summed E-state index contributed by atoms with van der Waals surface area (Å²) in [6.07, 6.45) is 0.394. The predicted octanol–water partition coefficient (Wildman–Crippen LogP) is 1.30. The number of nitrogens with one attached hydrogen (secondary N) is 1. The fraction of sp³-hybridized carbons (Fsp3) is 0.636. The highest BCUT2D eigenvalue weighted by Gasteiger charge is 2.31. The van der Waals surface area contributed by atoms with E-state index in [-0.39, 0.29) is 11.3 Å². The van der Waals surface area contributed by atoms with Gasteiger partial charge in [0.2, 0.25) is 0 Å². The number of aliphatic hydroxyl groups is 1. The number of amides is 1. The molecule has 0 aromatic heterocycles. The van der Waals surface area contributed by atoms with Crippen molar-refractivity contribution in [1.82, 2.24) is 5.32 Å². The minimum absolute atomic E-state index is 0.0411. The van der Waals surface area contributed by atoms with E-state index in [4.69, 9.17) is 0 Å². The molecular formula is C11H19NO4. The van der Waals surface area contributed by atoms with Crippen molar-refractivity contribution < 1.29 is 19.4 Å². The molecule has 0 aromatic carbocycles. The minimum Gasteiger partial charge on any atom is -0.512 e. The van der Waals surface area contributed by atoms with Gasteiger partial charge in [-0.3, -0.25) is 4.79 Å². The van der Waals surface area contributed by atoms with Gasteiger partial charge in [-0.25, -0.2) is 4.79 Å². The third kappa shape index (κ3) is 3.56. The van der Waals surface area contributed by atoms with E-state index in [2.05, 4.69) is 10.1 Å². The number of ether oxygens (including phenoxy) is 1. The van der Waals surface area contributed by atoms with Crippen molar-refractivity contribution in [3.63, 3.8) is 0 Å². The van der Waals surface area contributed by atoms with Gasteiger partial charge >= 0.3 is 5.97 Å². The van der Waals surface area contributed by atoms with E-state index in [9.17, 15) is 14.7 Å². The number of hydrogen-bond acceptors (Lipinski definition) is 4. The Hall–Kier alpha value is -1.52. The zero-order valence-electron chi connectivity index (χ0n) is 10.4. The average molecular weight is 229 g/mol. The monoisotopic (exact) mass is 229 g/mol. The molecule has 0 aliphatic rings. The summed E-state index contributed by atoms with van der Waals surface area (Å²) in [5.74, 6) is -1.04. The first kappa shape index (κ1) is 14.5. The summed E-state index contributed by atoms with van der Waals surface area (Å²) >= 11 is 0. The average Bonchev–Trinajstić information content (AvgIpc) is 2.15. The lowest BCUT2D eigenvalue weighted by atomic mass is 10.0. The van der Waals surface area contributed by atoms with Gasteiger partial charge in [0.05, 0.1) is 18.4 Å². The Labute approximate surface area is 95.5 Å². The Morgan fingerprint density at radius 1 is 1.38 bits per heavy atom. The van der Waals surface area contributed by atoms with Gasteiger partial charge in [0.15, 0.2) is 0 Å². The lowest BCUT2D eigenvalue weighted by molar-refractivity contribution is -0.148. The number of hydrogen-bond donors (Lipinski definition) is 2. The third-order valence-electron chi connectivity index (χ3n) is 2.19. The lowest BCUT2D eigenvalue weighted by Gasteiger charge is -2.23. The maximum absolute atomic E-state index is 11.7. The molecule has 0 atom stereocenters. The first-order valence-electron chi connectivity index (χ1n) is 5.05. The Bertz CT molecular complexity index is 314. The van der Waals surface area contributed by atoms with Crippen molar-refractivity contribution in [2.75, 3.05) is 7.11 Å². The molecular weight excluding hydrogens is 210 g/mol. The van der Waals surface area contributed by atoms with Crippen LogP contribution in [0.5, 0.6) is 0 Å². The molecule has 0 aromatic rings. The van der Waals surface area contributed by atoms with Gasteiger partial charge in [-0.15, -0.1) is 0 Å². The molecule has 0 saturated heterocycles. The van der Waals surface area contributed by atoms with Gasteiger partial charge in [0.1, 0.15) is 5.54 Å². The minimum atomic E-state index is -1.11. The van der Waals surface area contributed by atoms with Crippen LogP contribution in [0.15, 0.2) is 11.3 Å². The number of methoxy groups -OCH3 is 1. The van der Waals surface area contributed by atoms with Crippen molar-refractivity contribution in [1.29, 1.82) is 0 Å². The van der Waals surface area contributed by atoms with Crippen LogP contribution in [0.1, 0.15) is 34.1 Å². The van der Waals surface area contributed by atoms with E-state index in [1.807, 2.05) is 0 Å². The normalized spacial score (nSPS) is 12.8. The van der Waals surface area contributed by atoms with Gasteiger partial charge in [0, 0.05) is 0 Å². The largest absolute Gasteiger partial charge is 0.512 e. The molecule has 92 valence electrons. The Morgan fingerprint density at radius 2 is 1.88 bits per heavy atom. The quantitative estimate of drug-likeness (QED) is 0.433. The molecule has 1 amide bonds. The molecule has 0 aliphatic carbocycles. The lowest BCUT2D eigenvalue weighted by Crippen LogP contribution is -2.50. The fourth-order valence-electron chi connectivity index (χ4n) is 1.25. The van der Waals surface area contributed by atoms with Crippen LogP contribution in [0.2, 0.25) is 0 Å². The standard InChI is InChI=1S/C11H19NO4/c1-6-8(7(2)13)9(14)12-11(3,4)10(15)16-5/h13H,6H2,1-5H3,(H,12,14)/b8-7-. The van der Waals surface area contributed by atoms with Crippen LogP contribution < -0.4 is 5.32 Å². The molecule has 0 unspecified atom stereocenters. The summed E-state index contributed by atoms with van der Waals surface area (Å²) in [7, 11) is 1.25. The van der Waals surface area contributed by atoms with Crippen molar-refractivity contribution in [3.05, 3.63) is 11.3 Å². The first-order valence-corrected chi connectivity index (χ1v) is 5.05. The van der Waals surface area contributed by atoms with Crippen molar-refractivity contribution >= 4 is 11.9 Å². The molecule has 0 saturated carbocycles. The third-order valence-corrected chi connectivity index (χ3v) is 2.19. The summed E-state index contributed by atoms with van der Waals surface area (Å²) in [6.45, 7) is 6.26. The molecule has 0 fully saturated rings. The van der Waals surface area contributed by atoms with E-state index in [1.165, 1.54) is 27.9 Å². The summed E-state index contributed by atoms with van der Waals surface area (Å²) in [5.41, 5.74) is -0.848. The van der Waals surface area contributed by atoms with Crippen molar-refractivity contribution in [2.45, 2.75) is 39.7 Å². The molecule has 0 radical (unpaired) electrons. The SMILES string of the molecule is CC/C(C(=O)NC(C)(C)C(=O)OC)=C(\C)O. The van der Waals surface area contributed by atoms with E-state index in [0.29, 0.717) is 6.42 Å². The van der Waals surface area contributed by atoms with Gasteiger partial charge in [-0.05, 0) is 27.2 Å². The van der Waals surface area contributed by atoms with E-state index in [1.54, 1.807) is 6.92 Å². The maximum atomic E-state index is 11.7. The van der Waals surface area contributed by atoms with Crippen molar-refractivity contribution in [3.8, 4) is 0 Å². The van der Waals surface area contributed by atoms with Gasteiger partial charge in [-0.2, -0.15) is 0 Å². The molecule has 0 bridgehead atoms. The van der Waals surface area contributed by atoms with Crippen LogP contribution in [-0.2, 0) is 14.3 Å². The summed E-state index contributed by atoms with van der Waals surface area (Å²) < 4.78 is 4.56. The highest BCUT2D eigenvalue weighted by Crippen LogP contribution is 2.10. The Balaban J connectivity index is 4.81. The zero-order valence-corrected chi connectivity index (χ0v) is 10.4. The molecule has 0 spiro atoms.